The number of carbonyl (C=O) groups is 2. The zero-order valence-electron chi connectivity index (χ0n) is 14.0. The van der Waals surface area contributed by atoms with Crippen LogP contribution < -0.4 is 5.32 Å². The molecule has 0 aliphatic heterocycles. The first-order valence-electron chi connectivity index (χ1n) is 7.77. The van der Waals surface area contributed by atoms with Gasteiger partial charge in [0.05, 0.1) is 11.3 Å². The van der Waals surface area contributed by atoms with Crippen LogP contribution in [-0.4, -0.2) is 17.0 Å². The average Bonchev–Trinajstić information content (AvgIpc) is 2.60. The molecule has 5 heteroatoms. The lowest BCUT2D eigenvalue weighted by Crippen LogP contribution is -2.16. The van der Waals surface area contributed by atoms with Crippen molar-refractivity contribution in [2.24, 2.45) is 0 Å². The van der Waals surface area contributed by atoms with Crippen molar-refractivity contribution in [3.63, 3.8) is 0 Å². The van der Waals surface area contributed by atoms with E-state index in [2.05, 4.69) is 19.2 Å². The van der Waals surface area contributed by atoms with Gasteiger partial charge >= 0.3 is 5.97 Å². The highest BCUT2D eigenvalue weighted by atomic mass is 16.4. The fraction of sp³-hybridized carbons (Fsp3) is 0.150. The van der Waals surface area contributed by atoms with Gasteiger partial charge in [-0.15, -0.1) is 0 Å². The zero-order valence-corrected chi connectivity index (χ0v) is 14.0. The van der Waals surface area contributed by atoms with Crippen LogP contribution in [0.5, 0.6) is 0 Å². The highest BCUT2D eigenvalue weighted by Gasteiger charge is 2.14. The normalized spacial score (nSPS) is 11.0. The predicted octanol–water partition coefficient (Wildman–Crippen LogP) is 4.05. The first-order valence-corrected chi connectivity index (χ1v) is 7.77. The molecule has 0 aromatic heterocycles. The van der Waals surface area contributed by atoms with Crippen LogP contribution in [0.4, 0.5) is 5.69 Å². The van der Waals surface area contributed by atoms with Crippen LogP contribution in [0.3, 0.4) is 0 Å². The van der Waals surface area contributed by atoms with Crippen molar-refractivity contribution >= 4 is 23.6 Å². The minimum absolute atomic E-state index is 0.0329. The molecule has 0 aliphatic carbocycles. The van der Waals surface area contributed by atoms with E-state index in [9.17, 15) is 14.9 Å². The molecule has 0 aliphatic rings. The lowest BCUT2D eigenvalue weighted by molar-refractivity contribution is -0.112. The van der Waals surface area contributed by atoms with Crippen molar-refractivity contribution in [3.8, 4) is 6.07 Å². The lowest BCUT2D eigenvalue weighted by atomic mass is 10.0. The Morgan fingerprint density at radius 1 is 1.12 bits per heavy atom. The molecule has 0 spiro atoms. The molecule has 25 heavy (non-hydrogen) atoms. The molecule has 2 N–H and O–H groups in total. The minimum Gasteiger partial charge on any atom is -0.478 e. The van der Waals surface area contributed by atoms with E-state index < -0.39 is 11.9 Å². The molecule has 0 heterocycles. The first-order chi connectivity index (χ1) is 11.9. The predicted molar refractivity (Wildman–Crippen MR) is 96.2 cm³/mol. The molecular weight excluding hydrogens is 316 g/mol. The van der Waals surface area contributed by atoms with Gasteiger partial charge in [0, 0.05) is 0 Å². The van der Waals surface area contributed by atoms with Gasteiger partial charge in [-0.1, -0.05) is 50.2 Å². The number of aromatic carboxylic acids is 1. The van der Waals surface area contributed by atoms with Crippen LogP contribution in [0.1, 0.15) is 41.3 Å². The molecule has 0 saturated heterocycles. The summed E-state index contributed by atoms with van der Waals surface area (Å²) in [6.07, 6.45) is 1.48. The van der Waals surface area contributed by atoms with Gasteiger partial charge in [0.25, 0.3) is 5.91 Å². The van der Waals surface area contributed by atoms with Crippen LogP contribution in [0.2, 0.25) is 0 Å². The number of carboxylic acids is 1. The molecule has 2 aromatic carbocycles. The van der Waals surface area contributed by atoms with Gasteiger partial charge in [-0.3, -0.25) is 4.79 Å². The maximum Gasteiger partial charge on any atom is 0.337 e. The second kappa shape index (κ2) is 7.93. The van der Waals surface area contributed by atoms with E-state index >= 15 is 0 Å². The Balaban J connectivity index is 2.24. The lowest BCUT2D eigenvalue weighted by Gasteiger charge is -2.08. The summed E-state index contributed by atoms with van der Waals surface area (Å²) in [6.45, 7) is 4.16. The van der Waals surface area contributed by atoms with E-state index in [1.165, 1.54) is 18.2 Å². The Morgan fingerprint density at radius 2 is 1.76 bits per heavy atom. The molecule has 0 saturated carbocycles. The number of hydrogen-bond donors (Lipinski definition) is 2. The number of amides is 1. The maximum absolute atomic E-state index is 12.3. The number of nitrogens with one attached hydrogen (secondary N) is 1. The fourth-order valence-electron chi connectivity index (χ4n) is 2.26. The molecule has 0 bridgehead atoms. The summed E-state index contributed by atoms with van der Waals surface area (Å²) in [5.74, 6) is -1.41. The molecule has 0 fully saturated rings. The van der Waals surface area contributed by atoms with Gasteiger partial charge < -0.3 is 10.4 Å². The van der Waals surface area contributed by atoms with Crippen molar-refractivity contribution in [3.05, 3.63) is 70.8 Å². The molecule has 2 aromatic rings. The Bertz CT molecular complexity index is 859. The van der Waals surface area contributed by atoms with E-state index in [1.54, 1.807) is 12.1 Å². The van der Waals surface area contributed by atoms with Gasteiger partial charge in [-0.2, -0.15) is 5.26 Å². The summed E-state index contributed by atoms with van der Waals surface area (Å²) in [6, 6.07) is 15.5. The number of carbonyl (C=O) groups excluding carboxylic acids is 1. The fourth-order valence-corrected chi connectivity index (χ4v) is 2.26. The highest BCUT2D eigenvalue weighted by Crippen LogP contribution is 2.18. The summed E-state index contributed by atoms with van der Waals surface area (Å²) >= 11 is 0. The summed E-state index contributed by atoms with van der Waals surface area (Å²) in [5.41, 5.74) is 1.90. The molecule has 0 radical (unpaired) electrons. The second-order valence-electron chi connectivity index (χ2n) is 5.80. The van der Waals surface area contributed by atoms with Crippen molar-refractivity contribution in [2.45, 2.75) is 19.8 Å². The zero-order chi connectivity index (χ0) is 18.4. The van der Waals surface area contributed by atoms with E-state index in [1.807, 2.05) is 30.3 Å². The number of anilines is 1. The number of benzene rings is 2. The largest absolute Gasteiger partial charge is 0.478 e. The first kappa shape index (κ1) is 18.0. The van der Waals surface area contributed by atoms with Crippen molar-refractivity contribution in [2.75, 3.05) is 5.32 Å². The number of nitrogens with zero attached hydrogens (tertiary/aromatic N) is 1. The molecule has 126 valence electrons. The summed E-state index contributed by atoms with van der Waals surface area (Å²) in [5, 5.41) is 20.9. The Kier molecular flexibility index (Phi) is 5.70. The van der Waals surface area contributed by atoms with Gasteiger partial charge in [-0.05, 0) is 35.3 Å². The van der Waals surface area contributed by atoms with Crippen LogP contribution in [0.15, 0.2) is 54.1 Å². The Labute approximate surface area is 146 Å². The van der Waals surface area contributed by atoms with Gasteiger partial charge in [0.15, 0.2) is 0 Å². The molecule has 2 rings (SSSR count). The van der Waals surface area contributed by atoms with E-state index in [0.29, 0.717) is 5.92 Å². The van der Waals surface area contributed by atoms with Gasteiger partial charge in [0.2, 0.25) is 0 Å². The Morgan fingerprint density at radius 3 is 2.32 bits per heavy atom. The summed E-state index contributed by atoms with van der Waals surface area (Å²) in [4.78, 5) is 23.5. The van der Waals surface area contributed by atoms with Gasteiger partial charge in [0.1, 0.15) is 11.6 Å². The monoisotopic (exact) mass is 334 g/mol. The number of rotatable bonds is 5. The summed E-state index contributed by atoms with van der Waals surface area (Å²) in [7, 11) is 0. The van der Waals surface area contributed by atoms with Crippen LogP contribution in [0.25, 0.3) is 6.08 Å². The van der Waals surface area contributed by atoms with Gasteiger partial charge in [-0.25, -0.2) is 4.79 Å². The molecule has 5 nitrogen and oxygen atoms in total. The SMILES string of the molecule is CC(C)c1ccc(/C=C(\C#N)C(=O)Nc2ccccc2C(=O)O)cc1. The standard InChI is InChI=1S/C20H18N2O3/c1-13(2)15-9-7-14(8-10-15)11-16(12-21)19(23)22-18-6-4-3-5-17(18)20(24)25/h3-11,13H,1-2H3,(H,22,23)(H,24,25)/b16-11+. The van der Waals surface area contributed by atoms with Crippen LogP contribution in [0, 0.1) is 11.3 Å². The maximum atomic E-state index is 12.3. The van der Waals surface area contributed by atoms with E-state index in [4.69, 9.17) is 5.11 Å². The third-order valence-electron chi connectivity index (χ3n) is 3.68. The molecule has 0 atom stereocenters. The minimum atomic E-state index is -1.15. The number of hydrogen-bond acceptors (Lipinski definition) is 3. The average molecular weight is 334 g/mol. The van der Waals surface area contributed by atoms with Crippen molar-refractivity contribution in [1.82, 2.24) is 0 Å². The van der Waals surface area contributed by atoms with Crippen molar-refractivity contribution < 1.29 is 14.7 Å². The number of nitriles is 1. The third-order valence-corrected chi connectivity index (χ3v) is 3.68. The molecule has 0 unspecified atom stereocenters. The molecule has 1 amide bonds. The highest BCUT2D eigenvalue weighted by molar-refractivity contribution is 6.11. The molecular formula is C20H18N2O3. The third kappa shape index (κ3) is 4.55. The summed E-state index contributed by atoms with van der Waals surface area (Å²) < 4.78 is 0. The van der Waals surface area contributed by atoms with E-state index in [0.717, 1.165) is 11.1 Å². The quantitative estimate of drug-likeness (QED) is 0.637. The number of para-hydroxylation sites is 1. The van der Waals surface area contributed by atoms with Crippen LogP contribution >= 0.6 is 0 Å². The smallest absolute Gasteiger partial charge is 0.337 e. The van der Waals surface area contributed by atoms with E-state index in [-0.39, 0.29) is 16.8 Å². The van der Waals surface area contributed by atoms with Crippen LogP contribution in [-0.2, 0) is 4.79 Å². The topological polar surface area (TPSA) is 90.2 Å². The number of carboxylic acid groups (broad SMARTS) is 1. The van der Waals surface area contributed by atoms with Crippen molar-refractivity contribution in [1.29, 1.82) is 5.26 Å². The Hall–Kier alpha value is -3.39. The second-order valence-corrected chi connectivity index (χ2v) is 5.80.